The maximum Gasteiger partial charge on any atom is 0.272 e. The second-order valence-corrected chi connectivity index (χ2v) is 12.5. The first-order chi connectivity index (χ1) is 16.7. The summed E-state index contributed by atoms with van der Waals surface area (Å²) in [5.74, 6) is -1.56. The standard InChI is InChI=1S/C25H27F3N2O5S/c1-24(2)17-11-16(20(31)13-25(3)5-8-36(33,34)9-6-25)18(26)12-19(17)30(23(24)32)22-10-15(4-7-29-22)35-14-21(27)28/h4,7,10-12,21H,5-6,8-9,13-14H2,1-3H3. The van der Waals surface area contributed by atoms with Gasteiger partial charge in [0.15, 0.2) is 5.78 Å². The van der Waals surface area contributed by atoms with E-state index < -0.39 is 51.2 Å². The van der Waals surface area contributed by atoms with Crippen LogP contribution in [0.15, 0.2) is 30.5 Å². The Balaban J connectivity index is 1.66. The van der Waals surface area contributed by atoms with E-state index in [0.717, 1.165) is 6.07 Å². The molecule has 1 amide bonds. The molecule has 0 saturated carbocycles. The van der Waals surface area contributed by atoms with Crippen LogP contribution in [0.2, 0.25) is 0 Å². The lowest BCUT2D eigenvalue weighted by Gasteiger charge is -2.32. The highest BCUT2D eigenvalue weighted by Crippen LogP contribution is 2.47. The van der Waals surface area contributed by atoms with Gasteiger partial charge in [0, 0.05) is 18.7 Å². The number of hydrogen-bond acceptors (Lipinski definition) is 6. The maximum atomic E-state index is 15.3. The molecule has 1 fully saturated rings. The summed E-state index contributed by atoms with van der Waals surface area (Å²) in [6, 6.07) is 5.18. The minimum Gasteiger partial charge on any atom is -0.487 e. The molecule has 194 valence electrons. The van der Waals surface area contributed by atoms with Crippen LogP contribution in [0.4, 0.5) is 24.7 Å². The first kappa shape index (κ1) is 26.1. The van der Waals surface area contributed by atoms with Gasteiger partial charge in [-0.15, -0.1) is 0 Å². The predicted molar refractivity (Wildman–Crippen MR) is 127 cm³/mol. The Morgan fingerprint density at radius 3 is 2.47 bits per heavy atom. The number of alkyl halides is 2. The molecule has 0 N–H and O–H groups in total. The van der Waals surface area contributed by atoms with Gasteiger partial charge >= 0.3 is 0 Å². The summed E-state index contributed by atoms with van der Waals surface area (Å²) in [5, 5.41) is 0. The number of aromatic nitrogens is 1. The average Bonchev–Trinajstić information content (AvgIpc) is 2.99. The van der Waals surface area contributed by atoms with Gasteiger partial charge in [-0.2, -0.15) is 0 Å². The summed E-state index contributed by atoms with van der Waals surface area (Å²) in [5.41, 5.74) is -1.22. The third-order valence-corrected chi connectivity index (χ3v) is 8.63. The summed E-state index contributed by atoms with van der Waals surface area (Å²) < 4.78 is 68.9. The summed E-state index contributed by atoms with van der Waals surface area (Å²) >= 11 is 0. The van der Waals surface area contributed by atoms with Crippen LogP contribution in [0.1, 0.15) is 56.0 Å². The van der Waals surface area contributed by atoms with Crippen molar-refractivity contribution in [3.63, 3.8) is 0 Å². The third kappa shape index (κ3) is 4.98. The molecule has 0 aliphatic carbocycles. The molecule has 2 aromatic rings. The fourth-order valence-corrected chi connectivity index (χ4v) is 6.47. The number of rotatable bonds is 7. The highest BCUT2D eigenvalue weighted by atomic mass is 32.2. The first-order valence-electron chi connectivity index (χ1n) is 11.5. The number of halogens is 3. The first-order valence-corrected chi connectivity index (χ1v) is 13.3. The molecule has 4 rings (SSSR count). The largest absolute Gasteiger partial charge is 0.487 e. The Morgan fingerprint density at radius 1 is 1.17 bits per heavy atom. The second kappa shape index (κ2) is 9.17. The Morgan fingerprint density at radius 2 is 1.83 bits per heavy atom. The van der Waals surface area contributed by atoms with Gasteiger partial charge in [0.25, 0.3) is 6.43 Å². The number of carbonyl (C=O) groups excluding carboxylic acids is 2. The number of nitrogens with zero attached hydrogens (tertiary/aromatic N) is 2. The summed E-state index contributed by atoms with van der Waals surface area (Å²) in [4.78, 5) is 31.8. The smallest absolute Gasteiger partial charge is 0.272 e. The van der Waals surface area contributed by atoms with Crippen molar-refractivity contribution in [2.75, 3.05) is 23.0 Å². The molecule has 7 nitrogen and oxygen atoms in total. The van der Waals surface area contributed by atoms with E-state index in [1.807, 2.05) is 6.92 Å². The number of ketones is 1. The second-order valence-electron chi connectivity index (χ2n) is 10.2. The van der Waals surface area contributed by atoms with Gasteiger partial charge in [-0.3, -0.25) is 14.5 Å². The van der Waals surface area contributed by atoms with Gasteiger partial charge in [0.2, 0.25) is 5.91 Å². The number of benzene rings is 1. The number of anilines is 2. The van der Waals surface area contributed by atoms with E-state index in [1.165, 1.54) is 29.3 Å². The average molecular weight is 525 g/mol. The van der Waals surface area contributed by atoms with Crippen molar-refractivity contribution in [2.45, 2.75) is 51.9 Å². The number of pyridine rings is 1. The van der Waals surface area contributed by atoms with Crippen molar-refractivity contribution in [1.29, 1.82) is 0 Å². The van der Waals surface area contributed by atoms with Gasteiger partial charge in [-0.1, -0.05) is 6.92 Å². The number of Topliss-reactive ketones (excluding diaryl/α,β-unsaturated/α-hetero) is 1. The number of fused-ring (bicyclic) bond motifs is 1. The Bertz CT molecular complexity index is 1310. The minimum absolute atomic E-state index is 0.00691. The number of sulfone groups is 1. The normalized spacial score (nSPS) is 19.9. The molecule has 11 heteroatoms. The van der Waals surface area contributed by atoms with E-state index in [1.54, 1.807) is 13.8 Å². The Kier molecular flexibility index (Phi) is 6.65. The Labute approximate surface area is 207 Å². The molecule has 1 aromatic carbocycles. The van der Waals surface area contributed by atoms with Crippen LogP contribution < -0.4 is 9.64 Å². The molecule has 2 aliphatic rings. The van der Waals surface area contributed by atoms with E-state index in [-0.39, 0.29) is 40.7 Å². The molecule has 2 aliphatic heterocycles. The van der Waals surface area contributed by atoms with Gasteiger partial charge in [0.1, 0.15) is 33.8 Å². The van der Waals surface area contributed by atoms with Crippen LogP contribution in [0.25, 0.3) is 0 Å². The van der Waals surface area contributed by atoms with Crippen molar-refractivity contribution in [2.24, 2.45) is 5.41 Å². The molecule has 1 aromatic heterocycles. The SMILES string of the molecule is CC1(CC(=O)c2cc3c(cc2F)N(c2cc(OCC(F)F)ccn2)C(=O)C3(C)C)CCS(=O)(=O)CC1. The van der Waals surface area contributed by atoms with Crippen LogP contribution in [0.5, 0.6) is 5.75 Å². The van der Waals surface area contributed by atoms with Crippen molar-refractivity contribution in [1.82, 2.24) is 4.98 Å². The van der Waals surface area contributed by atoms with Gasteiger partial charge in [0.05, 0.1) is 28.2 Å². The highest BCUT2D eigenvalue weighted by molar-refractivity contribution is 7.91. The Hall–Kier alpha value is -2.95. The molecule has 3 heterocycles. The molecule has 0 radical (unpaired) electrons. The van der Waals surface area contributed by atoms with Crippen molar-refractivity contribution >= 4 is 33.0 Å². The summed E-state index contributed by atoms with van der Waals surface area (Å²) in [6.07, 6.45) is -0.753. The predicted octanol–water partition coefficient (Wildman–Crippen LogP) is 4.61. The molecular weight excluding hydrogens is 497 g/mol. The molecule has 0 spiro atoms. The van der Waals surface area contributed by atoms with Crippen LogP contribution >= 0.6 is 0 Å². The van der Waals surface area contributed by atoms with Crippen molar-refractivity contribution in [3.8, 4) is 5.75 Å². The fraction of sp³-hybridized carbons (Fsp3) is 0.480. The van der Waals surface area contributed by atoms with E-state index in [0.29, 0.717) is 18.4 Å². The lowest BCUT2D eigenvalue weighted by Crippen LogP contribution is -2.33. The molecule has 0 bridgehead atoms. The number of hydrogen-bond donors (Lipinski definition) is 0. The number of ether oxygens (including phenoxy) is 1. The quantitative estimate of drug-likeness (QED) is 0.491. The van der Waals surface area contributed by atoms with Crippen LogP contribution in [-0.2, 0) is 20.0 Å². The van der Waals surface area contributed by atoms with Crippen LogP contribution in [0, 0.1) is 11.2 Å². The van der Waals surface area contributed by atoms with Crippen molar-refractivity contribution < 1.29 is 35.9 Å². The van der Waals surface area contributed by atoms with Gasteiger partial charge in [-0.05, 0) is 55.9 Å². The van der Waals surface area contributed by atoms with E-state index in [9.17, 15) is 26.8 Å². The zero-order valence-corrected chi connectivity index (χ0v) is 21.0. The molecule has 1 saturated heterocycles. The molecule has 0 atom stereocenters. The zero-order chi connectivity index (χ0) is 26.5. The minimum atomic E-state index is -3.12. The third-order valence-electron chi connectivity index (χ3n) is 6.98. The lowest BCUT2D eigenvalue weighted by molar-refractivity contribution is -0.121. The summed E-state index contributed by atoms with van der Waals surface area (Å²) in [6.45, 7) is 4.29. The zero-order valence-electron chi connectivity index (χ0n) is 20.2. The van der Waals surface area contributed by atoms with Crippen molar-refractivity contribution in [3.05, 3.63) is 47.4 Å². The molecule has 36 heavy (non-hydrogen) atoms. The summed E-state index contributed by atoms with van der Waals surface area (Å²) in [7, 11) is -3.12. The fourth-order valence-electron chi connectivity index (χ4n) is 4.66. The topological polar surface area (TPSA) is 93.6 Å². The van der Waals surface area contributed by atoms with Gasteiger partial charge in [-0.25, -0.2) is 26.6 Å². The number of amides is 1. The monoisotopic (exact) mass is 524 g/mol. The van der Waals surface area contributed by atoms with E-state index in [2.05, 4.69) is 4.98 Å². The van der Waals surface area contributed by atoms with Crippen LogP contribution in [-0.4, -0.2) is 49.6 Å². The molecular formula is C25H27F3N2O5S. The van der Waals surface area contributed by atoms with Crippen LogP contribution in [0.3, 0.4) is 0 Å². The highest BCUT2D eigenvalue weighted by Gasteiger charge is 2.46. The van der Waals surface area contributed by atoms with Gasteiger partial charge < -0.3 is 4.74 Å². The molecule has 0 unspecified atom stereocenters. The number of carbonyl (C=O) groups is 2. The lowest BCUT2D eigenvalue weighted by atomic mass is 9.78. The van der Waals surface area contributed by atoms with E-state index >= 15 is 4.39 Å². The maximum absolute atomic E-state index is 15.3. The van der Waals surface area contributed by atoms with E-state index in [4.69, 9.17) is 4.74 Å².